The second-order valence-corrected chi connectivity index (χ2v) is 17.8. The Balaban J connectivity index is 1.46. The van der Waals surface area contributed by atoms with E-state index in [-0.39, 0.29) is 0 Å². The topological polar surface area (TPSA) is 0 Å². The minimum atomic E-state index is -1.75. The maximum absolute atomic E-state index is 2.61. The summed E-state index contributed by atoms with van der Waals surface area (Å²) in [7, 11) is -3.50. The normalized spacial score (nSPS) is 16.5. The lowest BCUT2D eigenvalue weighted by atomic mass is 10.1. The van der Waals surface area contributed by atoms with Crippen LogP contribution in [0.4, 0.5) is 0 Å². The zero-order chi connectivity index (χ0) is 20.3. The molecule has 2 aliphatic rings. The summed E-state index contributed by atoms with van der Waals surface area (Å²) in [6.07, 6.45) is 0. The Labute approximate surface area is 181 Å². The first-order chi connectivity index (χ1) is 14.6. The molecular formula is C28H26Si2-2. The van der Waals surface area contributed by atoms with Crippen molar-refractivity contribution in [3.63, 3.8) is 0 Å². The van der Waals surface area contributed by atoms with Gasteiger partial charge in [0.15, 0.2) is 0 Å². The quantitative estimate of drug-likeness (QED) is 0.422. The van der Waals surface area contributed by atoms with E-state index in [1.165, 1.54) is 34.3 Å². The molecule has 30 heavy (non-hydrogen) atoms. The number of hydrogen-bond acceptors (Lipinski definition) is 0. The van der Waals surface area contributed by atoms with E-state index in [4.69, 9.17) is 0 Å². The van der Waals surface area contributed by atoms with Crippen molar-refractivity contribution < 1.29 is 0 Å². The Kier molecular flexibility index (Phi) is 3.87. The van der Waals surface area contributed by atoms with Crippen LogP contribution in [0.15, 0.2) is 97.1 Å². The van der Waals surface area contributed by atoms with Gasteiger partial charge in [0, 0.05) is 0 Å². The van der Waals surface area contributed by atoms with Gasteiger partial charge in [-0.25, -0.2) is 0 Å². The number of benzene rings is 4. The molecule has 0 aromatic heterocycles. The van der Waals surface area contributed by atoms with Crippen molar-refractivity contribution in [3.8, 4) is 22.3 Å². The summed E-state index contributed by atoms with van der Waals surface area (Å²) in [5, 5.41) is 6.57. The molecule has 0 aliphatic carbocycles. The van der Waals surface area contributed by atoms with Gasteiger partial charge in [-0.3, -0.25) is 0 Å². The van der Waals surface area contributed by atoms with Crippen molar-refractivity contribution in [1.29, 1.82) is 0 Å². The van der Waals surface area contributed by atoms with Gasteiger partial charge in [-0.2, -0.15) is 45.9 Å². The van der Waals surface area contributed by atoms with E-state index in [1.807, 2.05) is 0 Å². The van der Waals surface area contributed by atoms with Gasteiger partial charge in [0.2, 0.25) is 0 Å². The average Bonchev–Trinajstić information content (AvgIpc) is 3.22. The highest BCUT2D eigenvalue weighted by molar-refractivity contribution is 7.08. The molecule has 2 aliphatic heterocycles. The number of hydrogen-bond donors (Lipinski definition) is 0. The summed E-state index contributed by atoms with van der Waals surface area (Å²) in [6, 6.07) is 39.5. The third kappa shape index (κ3) is 2.32. The Morgan fingerprint density at radius 3 is 0.900 bits per heavy atom. The van der Waals surface area contributed by atoms with Crippen molar-refractivity contribution in [1.82, 2.24) is 0 Å². The first-order valence-corrected chi connectivity index (χ1v) is 16.4. The minimum Gasteiger partial charge on any atom is -0.177 e. The van der Waals surface area contributed by atoms with Crippen LogP contribution in [-0.2, 0) is 0 Å². The van der Waals surface area contributed by atoms with Crippen molar-refractivity contribution >= 4 is 36.9 Å². The van der Waals surface area contributed by atoms with Crippen LogP contribution in [0.5, 0.6) is 0 Å². The van der Waals surface area contributed by atoms with E-state index in [0.717, 1.165) is 0 Å². The monoisotopic (exact) mass is 418 g/mol. The fraction of sp³-hybridized carbons (Fsp3) is 0.143. The zero-order valence-electron chi connectivity index (χ0n) is 17.7. The first-order valence-electron chi connectivity index (χ1n) is 11.0. The van der Waals surface area contributed by atoms with E-state index in [9.17, 15) is 0 Å². The molecule has 0 N–H and O–H groups in total. The van der Waals surface area contributed by atoms with E-state index in [1.54, 1.807) is 20.7 Å². The molecule has 2 heterocycles. The summed E-state index contributed by atoms with van der Waals surface area (Å²) in [4.78, 5) is 0. The van der Waals surface area contributed by atoms with Crippen LogP contribution in [0.2, 0.25) is 25.2 Å². The maximum Gasteiger partial charge on any atom is -0.0518 e. The predicted molar refractivity (Wildman–Crippen MR) is 135 cm³/mol. The molecule has 0 amide bonds. The summed E-state index contributed by atoms with van der Waals surface area (Å²) in [5.41, 5.74) is 5.95. The fourth-order valence-corrected chi connectivity index (χ4v) is 16.9. The summed E-state index contributed by atoms with van der Waals surface area (Å²) >= 11 is 0. The molecule has 0 atom stereocenters. The Bertz CT molecular complexity index is 1100. The Hall–Kier alpha value is -2.69. The molecular weight excluding hydrogens is 392 g/mol. The van der Waals surface area contributed by atoms with E-state index in [2.05, 4.69) is 110 Å². The van der Waals surface area contributed by atoms with Gasteiger partial charge in [-0.1, -0.05) is 135 Å². The lowest BCUT2D eigenvalue weighted by Gasteiger charge is -2.46. The van der Waals surface area contributed by atoms with E-state index < -0.39 is 16.1 Å². The van der Waals surface area contributed by atoms with Crippen LogP contribution >= 0.6 is 0 Å². The van der Waals surface area contributed by atoms with Crippen molar-refractivity contribution in [2.75, 3.05) is 0 Å². The van der Waals surface area contributed by atoms with Crippen LogP contribution in [-0.4, -0.2) is 16.1 Å². The lowest BCUT2D eigenvalue weighted by molar-refractivity contribution is 1.33. The molecule has 0 saturated carbocycles. The first kappa shape index (κ1) is 18.1. The summed E-state index contributed by atoms with van der Waals surface area (Å²) in [6.45, 7) is 5.23. The van der Waals surface area contributed by atoms with Gasteiger partial charge in [0.25, 0.3) is 0 Å². The second kappa shape index (κ2) is 6.40. The largest absolute Gasteiger partial charge is 0.177 e. The standard InChI is InChI=1S/C28H26Si2/c1-29(25-15-7-3-11-21(25)22-12-4-8-16-26(22)29)19-20-30(2)27-17-9-5-13-23(27)24-14-6-10-18-28(24)30/h3-18H,19-20H2,1-2H3/q-2. The van der Waals surface area contributed by atoms with Gasteiger partial charge in [-0.15, -0.1) is 0 Å². The van der Waals surface area contributed by atoms with Crippen LogP contribution in [0.1, 0.15) is 0 Å². The number of fused-ring (bicyclic) bond motifs is 6. The van der Waals surface area contributed by atoms with Crippen molar-refractivity contribution in [2.24, 2.45) is 0 Å². The summed E-state index contributed by atoms with van der Waals surface area (Å²) in [5.74, 6) is 0. The van der Waals surface area contributed by atoms with Crippen LogP contribution in [0, 0.1) is 0 Å². The van der Waals surface area contributed by atoms with Crippen molar-refractivity contribution in [3.05, 3.63) is 97.1 Å². The molecule has 0 spiro atoms. The SMILES string of the molecule is C[Si-]1(CC[Si-]2(C)c3ccccc3-c3ccccc32)c2ccccc2-c2ccccc21. The van der Waals surface area contributed by atoms with Crippen LogP contribution < -0.4 is 20.7 Å². The van der Waals surface area contributed by atoms with Gasteiger partial charge >= 0.3 is 0 Å². The van der Waals surface area contributed by atoms with Gasteiger partial charge in [0.05, 0.1) is 0 Å². The van der Waals surface area contributed by atoms with Gasteiger partial charge in [0.1, 0.15) is 0 Å². The average molecular weight is 419 g/mol. The van der Waals surface area contributed by atoms with Crippen LogP contribution in [0.25, 0.3) is 22.3 Å². The van der Waals surface area contributed by atoms with Crippen molar-refractivity contribution in [2.45, 2.75) is 25.2 Å². The maximum atomic E-state index is 2.61. The highest BCUT2D eigenvalue weighted by atomic mass is 28.3. The zero-order valence-corrected chi connectivity index (χ0v) is 19.7. The van der Waals surface area contributed by atoms with Gasteiger partial charge < -0.3 is 0 Å². The lowest BCUT2D eigenvalue weighted by Crippen LogP contribution is -2.57. The fourth-order valence-electron chi connectivity index (χ4n) is 6.13. The third-order valence-electron chi connectivity index (χ3n) is 7.79. The van der Waals surface area contributed by atoms with E-state index in [0.29, 0.717) is 0 Å². The molecule has 6 rings (SSSR count). The molecule has 0 bridgehead atoms. The van der Waals surface area contributed by atoms with Crippen LogP contribution in [0.3, 0.4) is 0 Å². The highest BCUT2D eigenvalue weighted by Gasteiger charge is 2.33. The predicted octanol–water partition coefficient (Wildman–Crippen LogP) is 4.73. The summed E-state index contributed by atoms with van der Waals surface area (Å²) < 4.78 is 0. The molecule has 0 fully saturated rings. The molecule has 4 aromatic rings. The number of rotatable bonds is 3. The third-order valence-corrected chi connectivity index (χ3v) is 17.3. The smallest absolute Gasteiger partial charge is 0.0518 e. The molecule has 0 saturated heterocycles. The minimum absolute atomic E-state index is 1.33. The molecule has 0 nitrogen and oxygen atoms in total. The highest BCUT2D eigenvalue weighted by Crippen LogP contribution is 2.35. The Morgan fingerprint density at radius 2 is 0.633 bits per heavy atom. The van der Waals surface area contributed by atoms with E-state index >= 15 is 0 Å². The molecule has 2 heteroatoms. The second-order valence-electron chi connectivity index (χ2n) is 9.35. The molecule has 4 aromatic carbocycles. The Morgan fingerprint density at radius 1 is 0.400 bits per heavy atom. The molecule has 148 valence electrons. The van der Waals surface area contributed by atoms with Gasteiger partial charge in [-0.05, 0) is 0 Å². The molecule has 0 unspecified atom stereocenters. The molecule has 0 radical (unpaired) electrons.